The molecule has 0 radical (unpaired) electrons. The second kappa shape index (κ2) is 17.5. The summed E-state index contributed by atoms with van der Waals surface area (Å²) in [6.07, 6.45) is 23.3. The van der Waals surface area contributed by atoms with Crippen molar-refractivity contribution in [3.05, 3.63) is 0 Å². The molecule has 0 saturated heterocycles. The summed E-state index contributed by atoms with van der Waals surface area (Å²) in [6, 6.07) is 0. The van der Waals surface area contributed by atoms with Gasteiger partial charge in [0.05, 0.1) is 5.16 Å². The molecule has 0 spiro atoms. The first-order valence-electron chi connectivity index (χ1n) is 13.2. The van der Waals surface area contributed by atoms with Crippen molar-refractivity contribution in [3.63, 3.8) is 0 Å². The zero-order chi connectivity index (χ0) is 23.6. The van der Waals surface area contributed by atoms with Gasteiger partial charge in [0.2, 0.25) is 0 Å². The molecule has 0 aromatic carbocycles. The van der Waals surface area contributed by atoms with Crippen LogP contribution in [0.1, 0.15) is 137 Å². The van der Waals surface area contributed by atoms with Gasteiger partial charge in [-0.05, 0) is 18.8 Å². The topological polar surface area (TPSA) is 53.7 Å². The van der Waals surface area contributed by atoms with Crippen LogP contribution in [0, 0.1) is 5.41 Å². The van der Waals surface area contributed by atoms with Gasteiger partial charge >= 0.3 is 8.80 Å². The van der Waals surface area contributed by atoms with Crippen molar-refractivity contribution in [2.75, 3.05) is 21.3 Å². The lowest BCUT2D eigenvalue weighted by Gasteiger charge is -2.48. The third-order valence-corrected chi connectivity index (χ3v) is 11.1. The molecule has 1 atom stereocenters. The van der Waals surface area contributed by atoms with Crippen LogP contribution in [0.2, 0.25) is 0 Å². The van der Waals surface area contributed by atoms with Gasteiger partial charge in [-0.3, -0.25) is 0 Å². The van der Waals surface area contributed by atoms with Gasteiger partial charge in [-0.2, -0.15) is 0 Å². The van der Waals surface area contributed by atoms with Gasteiger partial charge in [-0.15, -0.1) is 0 Å². The van der Waals surface area contributed by atoms with Crippen molar-refractivity contribution >= 4 is 8.80 Å². The van der Waals surface area contributed by atoms with E-state index in [1.165, 1.54) is 103 Å². The molecule has 0 aliphatic rings. The number of hydrogen-bond acceptors (Lipinski definition) is 4. The highest BCUT2D eigenvalue weighted by atomic mass is 28.4. The largest absolute Gasteiger partial charge is 0.521 e. The third kappa shape index (κ3) is 11.2. The lowest BCUT2D eigenvalue weighted by atomic mass is 9.80. The minimum absolute atomic E-state index is 0.114. The first-order valence-corrected chi connectivity index (χ1v) is 14.9. The lowest BCUT2D eigenvalue weighted by molar-refractivity contribution is 0.0548. The molecule has 0 fully saturated rings. The molecule has 4 nitrogen and oxygen atoms in total. The summed E-state index contributed by atoms with van der Waals surface area (Å²) in [6.45, 7) is 8.76. The van der Waals surface area contributed by atoms with Crippen LogP contribution in [0.5, 0.6) is 0 Å². The Bertz CT molecular complexity index is 403. The molecular weight excluding hydrogens is 402 g/mol. The molecular formula is C26H57NO3Si. The van der Waals surface area contributed by atoms with Crippen molar-refractivity contribution in [2.45, 2.75) is 142 Å². The molecule has 1 unspecified atom stereocenters. The zero-order valence-electron chi connectivity index (χ0n) is 22.3. The summed E-state index contributed by atoms with van der Waals surface area (Å²) in [7, 11) is 2.03. The Kier molecular flexibility index (Phi) is 17.6. The molecule has 2 N–H and O–H groups in total. The molecule has 5 heteroatoms. The molecule has 188 valence electrons. The maximum Gasteiger partial charge on any atom is 0.521 e. The van der Waals surface area contributed by atoms with E-state index in [0.717, 1.165) is 6.42 Å². The average molecular weight is 460 g/mol. The Morgan fingerprint density at radius 1 is 0.548 bits per heavy atom. The second-order valence-electron chi connectivity index (χ2n) is 10.3. The highest BCUT2D eigenvalue weighted by Crippen LogP contribution is 2.41. The van der Waals surface area contributed by atoms with E-state index in [1.807, 2.05) is 6.92 Å². The van der Waals surface area contributed by atoms with E-state index in [4.69, 9.17) is 19.0 Å². The van der Waals surface area contributed by atoms with Gasteiger partial charge in [0.25, 0.3) is 0 Å². The molecule has 0 aromatic heterocycles. The zero-order valence-corrected chi connectivity index (χ0v) is 23.3. The fourth-order valence-corrected chi connectivity index (χ4v) is 7.40. The number of rotatable bonds is 22. The number of nitrogens with two attached hydrogens (primary N) is 1. The van der Waals surface area contributed by atoms with E-state index in [0.29, 0.717) is 0 Å². The normalized spacial score (nSPS) is 14.7. The first kappa shape index (κ1) is 31.1. The van der Waals surface area contributed by atoms with Gasteiger partial charge in [0.15, 0.2) is 0 Å². The Labute approximate surface area is 196 Å². The quantitative estimate of drug-likeness (QED) is 0.132. The van der Waals surface area contributed by atoms with Crippen LogP contribution in [-0.4, -0.2) is 35.3 Å². The van der Waals surface area contributed by atoms with E-state index < -0.39 is 14.0 Å². The van der Waals surface area contributed by atoms with Gasteiger partial charge in [-0.1, -0.05) is 124 Å². The summed E-state index contributed by atoms with van der Waals surface area (Å²) in [5.41, 5.74) is 6.64. The summed E-state index contributed by atoms with van der Waals surface area (Å²) in [5, 5.41) is -0.631. The van der Waals surface area contributed by atoms with Crippen LogP contribution in [0.25, 0.3) is 0 Å². The van der Waals surface area contributed by atoms with E-state index in [9.17, 15) is 0 Å². The van der Waals surface area contributed by atoms with Crippen molar-refractivity contribution in [2.24, 2.45) is 11.1 Å². The molecule has 0 heterocycles. The van der Waals surface area contributed by atoms with Crippen molar-refractivity contribution in [1.82, 2.24) is 0 Å². The standard InChI is InChI=1S/C26H57NO3Si/c1-8-9-10-11-12-13-14-15-16-17-18-19-20-21-22-23-24-25(2,3)26(4,27)31(28-5,29-6)30-7/h8-24,27H2,1-7H3. The number of unbranched alkanes of at least 4 members (excludes halogenated alkanes) is 15. The lowest BCUT2D eigenvalue weighted by Crippen LogP contribution is -2.73. The van der Waals surface area contributed by atoms with Gasteiger partial charge in [-0.25, -0.2) is 0 Å². The fourth-order valence-electron chi connectivity index (χ4n) is 4.68. The first-order chi connectivity index (χ1) is 14.7. The summed E-state index contributed by atoms with van der Waals surface area (Å²) >= 11 is 0. The average Bonchev–Trinajstić information content (AvgIpc) is 2.74. The minimum Gasteiger partial charge on any atom is -0.376 e. The van der Waals surface area contributed by atoms with E-state index >= 15 is 0 Å². The summed E-state index contributed by atoms with van der Waals surface area (Å²) in [5.74, 6) is 0. The minimum atomic E-state index is -2.91. The predicted molar refractivity (Wildman–Crippen MR) is 137 cm³/mol. The molecule has 0 aliphatic carbocycles. The molecule has 0 rings (SSSR count). The van der Waals surface area contributed by atoms with Crippen LogP contribution in [0.3, 0.4) is 0 Å². The summed E-state index contributed by atoms with van der Waals surface area (Å²) < 4.78 is 17.1. The van der Waals surface area contributed by atoms with Crippen molar-refractivity contribution < 1.29 is 13.3 Å². The highest BCUT2D eigenvalue weighted by Gasteiger charge is 2.61. The van der Waals surface area contributed by atoms with Crippen molar-refractivity contribution in [1.29, 1.82) is 0 Å². The van der Waals surface area contributed by atoms with Crippen molar-refractivity contribution in [3.8, 4) is 0 Å². The Hall–Kier alpha value is 0.0569. The van der Waals surface area contributed by atoms with E-state index in [1.54, 1.807) is 21.3 Å². The van der Waals surface area contributed by atoms with Crippen LogP contribution >= 0.6 is 0 Å². The maximum absolute atomic E-state index is 6.76. The Balaban J connectivity index is 3.78. The van der Waals surface area contributed by atoms with Gasteiger partial charge < -0.3 is 19.0 Å². The molecule has 0 aliphatic heterocycles. The smallest absolute Gasteiger partial charge is 0.376 e. The van der Waals surface area contributed by atoms with E-state index in [2.05, 4.69) is 20.8 Å². The third-order valence-electron chi connectivity index (χ3n) is 7.50. The van der Waals surface area contributed by atoms with Gasteiger partial charge in [0.1, 0.15) is 0 Å². The Morgan fingerprint density at radius 3 is 1.13 bits per heavy atom. The van der Waals surface area contributed by atoms with Gasteiger partial charge in [0, 0.05) is 21.3 Å². The van der Waals surface area contributed by atoms with Crippen LogP contribution in [0.15, 0.2) is 0 Å². The fraction of sp³-hybridized carbons (Fsp3) is 1.00. The van der Waals surface area contributed by atoms with Crippen LogP contribution in [0.4, 0.5) is 0 Å². The second-order valence-corrected chi connectivity index (χ2v) is 13.7. The monoisotopic (exact) mass is 459 g/mol. The predicted octanol–water partition coefficient (Wildman–Crippen LogP) is 7.80. The molecule has 0 saturated carbocycles. The van der Waals surface area contributed by atoms with Crippen LogP contribution < -0.4 is 5.73 Å². The molecule has 0 amide bonds. The summed E-state index contributed by atoms with van der Waals surface area (Å²) in [4.78, 5) is 0. The molecule has 0 bridgehead atoms. The maximum atomic E-state index is 6.76. The molecule has 31 heavy (non-hydrogen) atoms. The highest BCUT2D eigenvalue weighted by molar-refractivity contribution is 6.64. The molecule has 0 aromatic rings. The Morgan fingerprint density at radius 2 is 0.839 bits per heavy atom. The van der Waals surface area contributed by atoms with E-state index in [-0.39, 0.29) is 5.41 Å². The SMILES string of the molecule is CCCCCCCCCCCCCCCCCCC(C)(C)C(C)(N)[Si](OC)(OC)OC. The number of hydrogen-bond donors (Lipinski definition) is 1. The van der Waals surface area contributed by atoms with Crippen LogP contribution in [-0.2, 0) is 13.3 Å².